The number of carbonyl (C=O) groups excluding carboxylic acids is 1. The minimum Gasteiger partial charge on any atom is -0.373 e. The minimum atomic E-state index is -0.137. The van der Waals surface area contributed by atoms with Gasteiger partial charge in [-0.05, 0) is 19.8 Å². The van der Waals surface area contributed by atoms with Gasteiger partial charge in [0.2, 0.25) is 5.91 Å². The molecular weight excluding hydrogens is 248 g/mol. The molecule has 2 aliphatic rings. The lowest BCUT2D eigenvalue weighted by Gasteiger charge is -2.24. The fourth-order valence-electron chi connectivity index (χ4n) is 1.94. The van der Waals surface area contributed by atoms with Gasteiger partial charge >= 0.3 is 0 Å². The molecule has 2 N–H and O–H groups in total. The van der Waals surface area contributed by atoms with Crippen LogP contribution < -0.4 is 10.6 Å². The monoisotopic (exact) mass is 266 g/mol. The third-order valence-corrected chi connectivity index (χ3v) is 3.91. The van der Waals surface area contributed by atoms with E-state index in [1.807, 2.05) is 0 Å². The number of hydrogen-bond donors (Lipinski definition) is 2. The van der Waals surface area contributed by atoms with E-state index in [1.54, 1.807) is 11.8 Å². The van der Waals surface area contributed by atoms with Gasteiger partial charge in [-0.25, -0.2) is 0 Å². The van der Waals surface area contributed by atoms with E-state index in [0.29, 0.717) is 6.54 Å². The van der Waals surface area contributed by atoms with E-state index in [-0.39, 0.29) is 30.0 Å². The number of carbonyl (C=O) groups is 1. The maximum absolute atomic E-state index is 11.7. The van der Waals surface area contributed by atoms with E-state index >= 15 is 0 Å². The summed E-state index contributed by atoms with van der Waals surface area (Å²) in [6.07, 6.45) is 2.14. The highest BCUT2D eigenvalue weighted by molar-refractivity contribution is 7.99. The van der Waals surface area contributed by atoms with Gasteiger partial charge in [-0.3, -0.25) is 10.1 Å². The molecule has 2 aliphatic heterocycles. The lowest BCUT2D eigenvalue weighted by molar-refractivity contribution is -0.123. The maximum atomic E-state index is 11.7. The topological polar surface area (TPSA) is 50.4 Å². The van der Waals surface area contributed by atoms with Crippen LogP contribution in [0, 0.1) is 0 Å². The highest BCUT2D eigenvalue weighted by Crippen LogP contribution is 2.23. The molecule has 1 unspecified atom stereocenters. The second-order valence-corrected chi connectivity index (χ2v) is 5.42. The third kappa shape index (κ3) is 3.52. The number of thioether (sulfide) groups is 1. The summed E-state index contributed by atoms with van der Waals surface area (Å²) in [7, 11) is 0. The molecule has 16 heavy (non-hydrogen) atoms. The zero-order valence-corrected chi connectivity index (χ0v) is 11.1. The molecular formula is C10H19ClN2O2S. The van der Waals surface area contributed by atoms with Gasteiger partial charge in [0, 0.05) is 24.8 Å². The summed E-state index contributed by atoms with van der Waals surface area (Å²) in [6, 6.07) is -0.0139. The molecule has 2 heterocycles. The standard InChI is InChI=1S/C10H18N2O2S.ClH/c1-10(3-2-4-14-10)6-11-9(13)8-5-15-7-12-8;/h8,12H,2-7H2,1H3,(H,11,13);1H/t8-,10?;/m1./s1. The predicted octanol–water partition coefficient (Wildman–Crippen LogP) is 0.756. The molecule has 0 saturated carbocycles. The van der Waals surface area contributed by atoms with Gasteiger partial charge in [-0.1, -0.05) is 0 Å². The molecule has 1 amide bonds. The number of nitrogens with one attached hydrogen (secondary N) is 2. The highest BCUT2D eigenvalue weighted by atomic mass is 35.5. The van der Waals surface area contributed by atoms with Crippen molar-refractivity contribution in [1.29, 1.82) is 0 Å². The van der Waals surface area contributed by atoms with Gasteiger partial charge < -0.3 is 10.1 Å². The Bertz CT molecular complexity index is 241. The van der Waals surface area contributed by atoms with E-state index in [2.05, 4.69) is 17.6 Å². The molecule has 2 saturated heterocycles. The predicted molar refractivity (Wildman–Crippen MR) is 68.1 cm³/mol. The lowest BCUT2D eigenvalue weighted by Crippen LogP contribution is -2.47. The van der Waals surface area contributed by atoms with Gasteiger partial charge in [0.15, 0.2) is 0 Å². The summed E-state index contributed by atoms with van der Waals surface area (Å²) >= 11 is 1.76. The summed E-state index contributed by atoms with van der Waals surface area (Å²) in [6.45, 7) is 3.52. The second kappa shape index (κ2) is 6.10. The third-order valence-electron chi connectivity index (χ3n) is 2.97. The molecule has 2 rings (SSSR count). The smallest absolute Gasteiger partial charge is 0.238 e. The van der Waals surface area contributed by atoms with Crippen molar-refractivity contribution in [2.24, 2.45) is 0 Å². The molecule has 6 heteroatoms. The Hall–Kier alpha value is 0.0300. The number of rotatable bonds is 3. The molecule has 0 aromatic carbocycles. The van der Waals surface area contributed by atoms with Crippen LogP contribution in [0.5, 0.6) is 0 Å². The highest BCUT2D eigenvalue weighted by Gasteiger charge is 2.31. The minimum absolute atomic E-state index is 0. The molecule has 0 bridgehead atoms. The van der Waals surface area contributed by atoms with Crippen LogP contribution in [-0.2, 0) is 9.53 Å². The van der Waals surface area contributed by atoms with Gasteiger partial charge in [-0.15, -0.1) is 24.2 Å². The first-order valence-corrected chi connectivity index (χ1v) is 6.58. The van der Waals surface area contributed by atoms with Crippen molar-refractivity contribution in [2.45, 2.75) is 31.4 Å². The lowest BCUT2D eigenvalue weighted by atomic mass is 10.0. The normalized spacial score (nSPS) is 33.4. The van der Waals surface area contributed by atoms with Crippen molar-refractivity contribution < 1.29 is 9.53 Å². The second-order valence-electron chi connectivity index (χ2n) is 4.39. The number of ether oxygens (including phenoxy) is 1. The van der Waals surface area contributed by atoms with Crippen LogP contribution in [0.3, 0.4) is 0 Å². The van der Waals surface area contributed by atoms with Gasteiger partial charge in [0.1, 0.15) is 0 Å². The zero-order chi connectivity index (χ0) is 10.7. The maximum Gasteiger partial charge on any atom is 0.238 e. The van der Waals surface area contributed by atoms with E-state index < -0.39 is 0 Å². The summed E-state index contributed by atoms with van der Waals surface area (Å²) in [4.78, 5) is 11.7. The Kier molecular flexibility index (Phi) is 5.37. The van der Waals surface area contributed by atoms with Crippen LogP contribution >= 0.6 is 24.2 Å². The van der Waals surface area contributed by atoms with Crippen LogP contribution in [0.15, 0.2) is 0 Å². The van der Waals surface area contributed by atoms with Crippen molar-refractivity contribution in [3.63, 3.8) is 0 Å². The van der Waals surface area contributed by atoms with Crippen molar-refractivity contribution in [1.82, 2.24) is 10.6 Å². The van der Waals surface area contributed by atoms with E-state index in [1.165, 1.54) is 0 Å². The summed E-state index contributed by atoms with van der Waals surface area (Å²) in [5, 5.41) is 6.12. The van der Waals surface area contributed by atoms with Crippen LogP contribution in [-0.4, -0.2) is 42.3 Å². The molecule has 0 radical (unpaired) electrons. The van der Waals surface area contributed by atoms with Crippen LogP contribution in [0.4, 0.5) is 0 Å². The van der Waals surface area contributed by atoms with Gasteiger partial charge in [0.05, 0.1) is 11.6 Å². The van der Waals surface area contributed by atoms with Crippen LogP contribution in [0.25, 0.3) is 0 Å². The molecule has 4 nitrogen and oxygen atoms in total. The number of amides is 1. The Balaban J connectivity index is 0.00000128. The molecule has 94 valence electrons. The Morgan fingerprint density at radius 3 is 3.06 bits per heavy atom. The van der Waals surface area contributed by atoms with E-state index in [0.717, 1.165) is 31.1 Å². The summed E-state index contributed by atoms with van der Waals surface area (Å²) < 4.78 is 5.61. The van der Waals surface area contributed by atoms with Crippen molar-refractivity contribution in [3.05, 3.63) is 0 Å². The average Bonchev–Trinajstić information content (AvgIpc) is 2.85. The summed E-state index contributed by atoms with van der Waals surface area (Å²) in [5.74, 6) is 1.87. The first kappa shape index (κ1) is 14.1. The molecule has 0 aliphatic carbocycles. The Labute approximate surface area is 107 Å². The van der Waals surface area contributed by atoms with Gasteiger partial charge in [-0.2, -0.15) is 0 Å². The fourth-order valence-corrected chi connectivity index (χ4v) is 2.88. The Morgan fingerprint density at radius 1 is 1.69 bits per heavy atom. The van der Waals surface area contributed by atoms with Crippen LogP contribution in [0.2, 0.25) is 0 Å². The quantitative estimate of drug-likeness (QED) is 0.792. The largest absolute Gasteiger partial charge is 0.373 e. The van der Waals surface area contributed by atoms with E-state index in [4.69, 9.17) is 4.74 Å². The van der Waals surface area contributed by atoms with Gasteiger partial charge in [0.25, 0.3) is 0 Å². The Morgan fingerprint density at radius 2 is 2.50 bits per heavy atom. The van der Waals surface area contributed by atoms with E-state index in [9.17, 15) is 4.79 Å². The SMILES string of the molecule is CC1(CNC(=O)[C@H]2CSCN2)CCCO1.Cl. The molecule has 0 aromatic heterocycles. The molecule has 0 spiro atoms. The molecule has 2 atom stereocenters. The number of halogens is 1. The van der Waals surface area contributed by atoms with Crippen molar-refractivity contribution in [3.8, 4) is 0 Å². The fraction of sp³-hybridized carbons (Fsp3) is 0.900. The van der Waals surface area contributed by atoms with Crippen molar-refractivity contribution >= 4 is 30.1 Å². The first-order valence-electron chi connectivity index (χ1n) is 5.42. The number of hydrogen-bond acceptors (Lipinski definition) is 4. The molecule has 2 fully saturated rings. The molecule has 0 aromatic rings. The van der Waals surface area contributed by atoms with Crippen LogP contribution in [0.1, 0.15) is 19.8 Å². The van der Waals surface area contributed by atoms with Crippen molar-refractivity contribution in [2.75, 3.05) is 24.8 Å². The zero-order valence-electron chi connectivity index (χ0n) is 9.45. The first-order chi connectivity index (χ1) is 7.20. The summed E-state index contributed by atoms with van der Waals surface area (Å²) in [5.41, 5.74) is -0.137. The average molecular weight is 267 g/mol.